The highest BCUT2D eigenvalue weighted by molar-refractivity contribution is 6.06. The molecule has 160 valence electrons. The van der Waals surface area contributed by atoms with Gasteiger partial charge in [0.25, 0.3) is 0 Å². The molecule has 2 amide bonds. The minimum atomic E-state index is -0.0615. The van der Waals surface area contributed by atoms with E-state index in [9.17, 15) is 4.79 Å². The first-order valence-corrected chi connectivity index (χ1v) is 10.9. The molecule has 4 rings (SSSR count). The molecule has 0 saturated carbocycles. The maximum absolute atomic E-state index is 13.4. The van der Waals surface area contributed by atoms with Crippen LogP contribution in [0.3, 0.4) is 0 Å². The van der Waals surface area contributed by atoms with E-state index in [0.29, 0.717) is 13.2 Å². The molecule has 1 unspecified atom stereocenters. The van der Waals surface area contributed by atoms with Crippen molar-refractivity contribution in [2.24, 2.45) is 0 Å². The number of rotatable bonds is 5. The second kappa shape index (κ2) is 8.05. The molecule has 2 aliphatic heterocycles. The summed E-state index contributed by atoms with van der Waals surface area (Å²) in [6.07, 6.45) is 3.43. The van der Waals surface area contributed by atoms with Gasteiger partial charge in [-0.25, -0.2) is 4.79 Å². The van der Waals surface area contributed by atoms with Crippen molar-refractivity contribution < 1.29 is 9.63 Å². The summed E-state index contributed by atoms with van der Waals surface area (Å²) in [5.41, 5.74) is 1.78. The number of hydrogen-bond acceptors (Lipinski definition) is 3. The van der Waals surface area contributed by atoms with Crippen LogP contribution in [-0.4, -0.2) is 41.4 Å². The minimum Gasteiger partial charge on any atom is -0.296 e. The lowest BCUT2D eigenvalue weighted by Gasteiger charge is -2.51. The van der Waals surface area contributed by atoms with E-state index >= 15 is 0 Å². The first-order valence-electron chi connectivity index (χ1n) is 10.9. The van der Waals surface area contributed by atoms with E-state index < -0.39 is 0 Å². The van der Waals surface area contributed by atoms with Gasteiger partial charge in [-0.2, -0.15) is 5.06 Å². The highest BCUT2D eigenvalue weighted by Gasteiger charge is 2.45. The Bertz CT molecular complexity index is 850. The lowest BCUT2D eigenvalue weighted by Crippen LogP contribution is -2.59. The molecule has 0 aliphatic carbocycles. The van der Waals surface area contributed by atoms with Crippen LogP contribution in [-0.2, 0) is 4.84 Å². The van der Waals surface area contributed by atoms with Crippen LogP contribution in [0.1, 0.15) is 47.0 Å². The molecule has 0 radical (unpaired) electrons. The Labute approximate surface area is 180 Å². The van der Waals surface area contributed by atoms with E-state index in [1.165, 1.54) is 6.42 Å². The van der Waals surface area contributed by atoms with Gasteiger partial charge >= 0.3 is 6.03 Å². The number of anilines is 2. The molecule has 0 bridgehead atoms. The van der Waals surface area contributed by atoms with E-state index in [1.807, 2.05) is 70.5 Å². The van der Waals surface area contributed by atoms with Crippen molar-refractivity contribution in [1.29, 1.82) is 0 Å². The zero-order valence-corrected chi connectivity index (χ0v) is 18.5. The first kappa shape index (κ1) is 20.9. The van der Waals surface area contributed by atoms with Gasteiger partial charge in [0, 0.05) is 22.5 Å². The normalized spacial score (nSPS) is 23.7. The Balaban J connectivity index is 1.59. The van der Waals surface area contributed by atoms with Gasteiger partial charge in [0.1, 0.15) is 0 Å². The maximum atomic E-state index is 13.4. The molecule has 2 aromatic rings. The van der Waals surface area contributed by atoms with Gasteiger partial charge in [0.05, 0.1) is 19.2 Å². The fourth-order valence-electron chi connectivity index (χ4n) is 5.00. The van der Waals surface area contributed by atoms with Gasteiger partial charge in [-0.1, -0.05) is 36.4 Å². The Hall–Kier alpha value is -2.37. The quantitative estimate of drug-likeness (QED) is 0.659. The zero-order valence-electron chi connectivity index (χ0n) is 18.5. The zero-order chi connectivity index (χ0) is 21.4. The predicted molar refractivity (Wildman–Crippen MR) is 122 cm³/mol. The first-order chi connectivity index (χ1) is 14.3. The summed E-state index contributed by atoms with van der Waals surface area (Å²) in [6, 6.07) is 19.7. The minimum absolute atomic E-state index is 0.00170. The number of nitrogens with zero attached hydrogens (tertiary/aromatic N) is 3. The number of hydrogen-bond donors (Lipinski definition) is 0. The lowest BCUT2D eigenvalue weighted by molar-refractivity contribution is -0.281. The summed E-state index contributed by atoms with van der Waals surface area (Å²) in [6.45, 7) is 10.1. The molecule has 30 heavy (non-hydrogen) atoms. The molecule has 0 N–H and O–H groups in total. The molecular formula is C25H33N3O2. The molecule has 5 heteroatoms. The highest BCUT2D eigenvalue weighted by Crippen LogP contribution is 2.39. The number of urea groups is 1. The van der Waals surface area contributed by atoms with Crippen LogP contribution < -0.4 is 9.80 Å². The third-order valence-electron chi connectivity index (χ3n) is 6.37. The van der Waals surface area contributed by atoms with E-state index in [1.54, 1.807) is 0 Å². The van der Waals surface area contributed by atoms with Gasteiger partial charge in [-0.15, -0.1) is 0 Å². The third-order valence-corrected chi connectivity index (χ3v) is 6.37. The van der Waals surface area contributed by atoms with Crippen LogP contribution in [0.5, 0.6) is 0 Å². The van der Waals surface area contributed by atoms with Gasteiger partial charge in [0.2, 0.25) is 0 Å². The summed E-state index contributed by atoms with van der Waals surface area (Å²) >= 11 is 0. The second-order valence-corrected chi connectivity index (χ2v) is 9.66. The molecule has 1 atom stereocenters. The Morgan fingerprint density at radius 2 is 1.40 bits per heavy atom. The summed E-state index contributed by atoms with van der Waals surface area (Å²) in [5.74, 6) is 0. The van der Waals surface area contributed by atoms with E-state index in [2.05, 4.69) is 32.8 Å². The van der Waals surface area contributed by atoms with Crippen molar-refractivity contribution in [3.8, 4) is 0 Å². The molecule has 5 nitrogen and oxygen atoms in total. The van der Waals surface area contributed by atoms with Gasteiger partial charge in [-0.05, 0) is 71.2 Å². The van der Waals surface area contributed by atoms with Crippen molar-refractivity contribution in [3.63, 3.8) is 0 Å². The molecule has 2 aromatic carbocycles. The molecule has 2 saturated heterocycles. The van der Waals surface area contributed by atoms with Gasteiger partial charge < -0.3 is 0 Å². The largest absolute Gasteiger partial charge is 0.329 e. The number of amides is 2. The fraction of sp³-hybridized carbons (Fsp3) is 0.480. The maximum Gasteiger partial charge on any atom is 0.329 e. The number of piperidine rings is 1. The molecular weight excluding hydrogens is 374 g/mol. The molecule has 0 spiro atoms. The smallest absolute Gasteiger partial charge is 0.296 e. The van der Waals surface area contributed by atoms with Gasteiger partial charge in [-0.3, -0.25) is 14.6 Å². The number of para-hydroxylation sites is 2. The summed E-state index contributed by atoms with van der Waals surface area (Å²) in [5, 5.41) is 2.18. The monoisotopic (exact) mass is 407 g/mol. The average molecular weight is 408 g/mol. The van der Waals surface area contributed by atoms with Crippen LogP contribution in [0.2, 0.25) is 0 Å². The van der Waals surface area contributed by atoms with E-state index in [-0.39, 0.29) is 23.2 Å². The number of benzene rings is 2. The Morgan fingerprint density at radius 3 is 1.97 bits per heavy atom. The van der Waals surface area contributed by atoms with Crippen LogP contribution in [0.15, 0.2) is 60.7 Å². The van der Waals surface area contributed by atoms with E-state index in [4.69, 9.17) is 4.84 Å². The predicted octanol–water partition coefficient (Wildman–Crippen LogP) is 5.48. The van der Waals surface area contributed by atoms with Crippen molar-refractivity contribution >= 4 is 17.4 Å². The second-order valence-electron chi connectivity index (χ2n) is 9.66. The Kier molecular flexibility index (Phi) is 5.60. The number of hydroxylamine groups is 2. The molecule has 2 heterocycles. The summed E-state index contributed by atoms with van der Waals surface area (Å²) < 4.78 is 0. The highest BCUT2D eigenvalue weighted by atomic mass is 16.7. The van der Waals surface area contributed by atoms with E-state index in [0.717, 1.165) is 24.2 Å². The van der Waals surface area contributed by atoms with Crippen molar-refractivity contribution in [2.45, 2.75) is 64.1 Å². The fourth-order valence-corrected chi connectivity index (χ4v) is 5.00. The molecule has 0 aromatic heterocycles. The average Bonchev–Trinajstić information content (AvgIpc) is 3.04. The van der Waals surface area contributed by atoms with Crippen molar-refractivity contribution in [2.75, 3.05) is 23.0 Å². The Morgan fingerprint density at radius 1 is 0.867 bits per heavy atom. The standard InChI is InChI=1S/C25H33N3O2/c1-24(2)16-11-17-25(3,4)28(24)30-19-22-18-26(20-12-7-5-8-13-20)23(29)27(22)21-14-9-6-10-15-21/h5-10,12-15,22H,11,16-19H2,1-4H3. The summed E-state index contributed by atoms with van der Waals surface area (Å²) in [4.78, 5) is 23.6. The van der Waals surface area contributed by atoms with Gasteiger partial charge in [0.15, 0.2) is 0 Å². The number of carbonyl (C=O) groups excluding carboxylic acids is 1. The van der Waals surface area contributed by atoms with Crippen LogP contribution in [0.4, 0.5) is 16.2 Å². The SMILES string of the molecule is CC1(C)CCCC(C)(C)N1OCC1CN(c2ccccc2)C(=O)N1c1ccccc1. The van der Waals surface area contributed by atoms with Crippen LogP contribution in [0.25, 0.3) is 0 Å². The summed E-state index contributed by atoms with van der Waals surface area (Å²) in [7, 11) is 0. The van der Waals surface area contributed by atoms with Crippen molar-refractivity contribution in [1.82, 2.24) is 5.06 Å². The third kappa shape index (κ3) is 3.96. The van der Waals surface area contributed by atoms with Crippen LogP contribution in [0, 0.1) is 0 Å². The molecule has 2 fully saturated rings. The topological polar surface area (TPSA) is 36.0 Å². The van der Waals surface area contributed by atoms with Crippen LogP contribution >= 0.6 is 0 Å². The van der Waals surface area contributed by atoms with Crippen molar-refractivity contribution in [3.05, 3.63) is 60.7 Å². The lowest BCUT2D eigenvalue weighted by atomic mass is 9.82. The molecule has 2 aliphatic rings. The number of carbonyl (C=O) groups is 1.